The zero-order valence-electron chi connectivity index (χ0n) is 12.1. The van der Waals surface area contributed by atoms with E-state index >= 15 is 0 Å². The van der Waals surface area contributed by atoms with E-state index in [1.165, 1.54) is 0 Å². The Morgan fingerprint density at radius 2 is 1.82 bits per heavy atom. The number of carbonyl (C=O) groups excluding carboxylic acids is 1. The summed E-state index contributed by atoms with van der Waals surface area (Å²) in [5, 5.41) is 30.3. The molecule has 5 nitrogen and oxygen atoms in total. The summed E-state index contributed by atoms with van der Waals surface area (Å²) in [6.45, 7) is 1.80. The third kappa shape index (κ3) is 2.29. The molecule has 118 valence electrons. The molecule has 22 heavy (non-hydrogen) atoms. The number of carbonyl (C=O) groups is 1. The van der Waals surface area contributed by atoms with Crippen LogP contribution in [0.5, 0.6) is 0 Å². The quantitative estimate of drug-likeness (QED) is 0.545. The molecule has 0 unspecified atom stereocenters. The summed E-state index contributed by atoms with van der Waals surface area (Å²) >= 11 is 6.18. The number of aryl methyl sites for hydroxylation is 1. The second-order valence-corrected chi connectivity index (χ2v) is 6.43. The Kier molecular flexibility index (Phi) is 3.47. The van der Waals surface area contributed by atoms with Gasteiger partial charge in [0.15, 0.2) is 17.1 Å². The SMILES string of the molecule is Cc1cccc(Cl)c1C1=C(O)C2(CCC(O)(O)CC2)OC1=O. The summed E-state index contributed by atoms with van der Waals surface area (Å²) in [5.41, 5.74) is 0.130. The molecule has 3 rings (SSSR count). The lowest BCUT2D eigenvalue weighted by atomic mass is 9.79. The van der Waals surface area contributed by atoms with Crippen LogP contribution in [-0.2, 0) is 9.53 Å². The lowest BCUT2D eigenvalue weighted by Crippen LogP contribution is -2.44. The van der Waals surface area contributed by atoms with Gasteiger partial charge < -0.3 is 20.1 Å². The molecule has 6 heteroatoms. The number of halogens is 1. The van der Waals surface area contributed by atoms with Gasteiger partial charge in [-0.3, -0.25) is 0 Å². The van der Waals surface area contributed by atoms with Crippen molar-refractivity contribution in [3.8, 4) is 0 Å². The average molecular weight is 325 g/mol. The van der Waals surface area contributed by atoms with E-state index in [9.17, 15) is 20.1 Å². The van der Waals surface area contributed by atoms with E-state index in [0.717, 1.165) is 5.56 Å². The standard InChI is InChI=1S/C16H17ClO5/c1-9-3-2-4-10(17)11(9)12-13(18)15(22-14(12)19)5-7-16(20,21)8-6-15/h2-4,18,20-21H,5-8H2,1H3. The number of rotatable bonds is 1. The van der Waals surface area contributed by atoms with Crippen molar-refractivity contribution < 1.29 is 24.9 Å². The number of ether oxygens (including phenoxy) is 1. The van der Waals surface area contributed by atoms with Gasteiger partial charge in [0.05, 0.1) is 0 Å². The number of benzene rings is 1. The molecule has 0 saturated heterocycles. The molecule has 1 aromatic rings. The fourth-order valence-electron chi connectivity index (χ4n) is 3.16. The number of esters is 1. The van der Waals surface area contributed by atoms with Gasteiger partial charge in [-0.2, -0.15) is 0 Å². The van der Waals surface area contributed by atoms with Crippen molar-refractivity contribution in [2.45, 2.75) is 44.0 Å². The molecular weight excluding hydrogens is 308 g/mol. The van der Waals surface area contributed by atoms with Gasteiger partial charge in [-0.15, -0.1) is 0 Å². The number of aliphatic hydroxyl groups is 3. The van der Waals surface area contributed by atoms with Crippen LogP contribution in [0.4, 0.5) is 0 Å². The van der Waals surface area contributed by atoms with E-state index in [-0.39, 0.29) is 37.0 Å². The van der Waals surface area contributed by atoms with Crippen molar-refractivity contribution in [2.75, 3.05) is 0 Å². The Hall–Kier alpha value is -1.56. The Balaban J connectivity index is 2.07. The molecule has 0 radical (unpaired) electrons. The molecule has 1 aliphatic heterocycles. The number of hydrogen-bond donors (Lipinski definition) is 3. The molecular formula is C16H17ClO5. The van der Waals surface area contributed by atoms with Crippen LogP contribution in [0.2, 0.25) is 5.02 Å². The second-order valence-electron chi connectivity index (χ2n) is 6.02. The molecule has 0 amide bonds. The van der Waals surface area contributed by atoms with Crippen LogP contribution in [0.25, 0.3) is 5.57 Å². The zero-order valence-corrected chi connectivity index (χ0v) is 12.9. The second kappa shape index (κ2) is 4.98. The van der Waals surface area contributed by atoms with E-state index in [1.54, 1.807) is 25.1 Å². The summed E-state index contributed by atoms with van der Waals surface area (Å²) in [4.78, 5) is 12.3. The van der Waals surface area contributed by atoms with Gasteiger partial charge in [0.25, 0.3) is 0 Å². The van der Waals surface area contributed by atoms with Gasteiger partial charge in [0, 0.05) is 23.4 Å². The maximum Gasteiger partial charge on any atom is 0.343 e. The molecule has 0 atom stereocenters. The van der Waals surface area contributed by atoms with Gasteiger partial charge >= 0.3 is 5.97 Å². The van der Waals surface area contributed by atoms with Crippen molar-refractivity contribution in [1.82, 2.24) is 0 Å². The Labute approximate surface area is 132 Å². The topological polar surface area (TPSA) is 87.0 Å². The highest BCUT2D eigenvalue weighted by Gasteiger charge is 2.53. The first-order valence-corrected chi connectivity index (χ1v) is 7.51. The van der Waals surface area contributed by atoms with E-state index < -0.39 is 17.4 Å². The van der Waals surface area contributed by atoms with Crippen LogP contribution in [-0.4, -0.2) is 32.7 Å². The van der Waals surface area contributed by atoms with Crippen LogP contribution < -0.4 is 0 Å². The minimum Gasteiger partial charge on any atom is -0.507 e. The van der Waals surface area contributed by atoms with Crippen LogP contribution >= 0.6 is 11.6 Å². The lowest BCUT2D eigenvalue weighted by Gasteiger charge is -2.37. The molecule has 1 aromatic carbocycles. The van der Waals surface area contributed by atoms with Gasteiger partial charge in [0.1, 0.15) is 5.57 Å². The summed E-state index contributed by atoms with van der Waals surface area (Å²) in [5.74, 6) is -2.57. The molecule has 0 bridgehead atoms. The molecule has 1 aliphatic carbocycles. The fraction of sp³-hybridized carbons (Fsp3) is 0.438. The Morgan fingerprint density at radius 3 is 2.41 bits per heavy atom. The maximum absolute atomic E-state index is 12.3. The van der Waals surface area contributed by atoms with Crippen molar-refractivity contribution >= 4 is 23.1 Å². The Morgan fingerprint density at radius 1 is 1.18 bits per heavy atom. The number of hydrogen-bond acceptors (Lipinski definition) is 5. The van der Waals surface area contributed by atoms with E-state index in [1.807, 2.05) is 0 Å². The largest absolute Gasteiger partial charge is 0.507 e. The summed E-state index contributed by atoms with van der Waals surface area (Å²) in [6, 6.07) is 5.21. The van der Waals surface area contributed by atoms with E-state index in [4.69, 9.17) is 16.3 Å². The van der Waals surface area contributed by atoms with Crippen molar-refractivity contribution in [3.05, 3.63) is 40.1 Å². The maximum atomic E-state index is 12.3. The van der Waals surface area contributed by atoms with Gasteiger partial charge in [-0.1, -0.05) is 23.7 Å². The average Bonchev–Trinajstić information content (AvgIpc) is 2.67. The first-order chi connectivity index (χ1) is 10.3. The molecule has 1 spiro atoms. The van der Waals surface area contributed by atoms with Crippen LogP contribution in [0.15, 0.2) is 24.0 Å². The third-order valence-corrected chi connectivity index (χ3v) is 4.81. The summed E-state index contributed by atoms with van der Waals surface area (Å²) in [6.07, 6.45) is 0.368. The van der Waals surface area contributed by atoms with Gasteiger partial charge in [-0.05, 0) is 31.4 Å². The van der Waals surface area contributed by atoms with Crippen LogP contribution in [0.1, 0.15) is 36.8 Å². The Bertz CT molecular complexity index is 647. The van der Waals surface area contributed by atoms with E-state index in [2.05, 4.69) is 0 Å². The van der Waals surface area contributed by atoms with E-state index in [0.29, 0.717) is 10.6 Å². The highest BCUT2D eigenvalue weighted by Crippen LogP contribution is 2.48. The predicted molar refractivity (Wildman–Crippen MR) is 80.2 cm³/mol. The van der Waals surface area contributed by atoms with Crippen molar-refractivity contribution in [1.29, 1.82) is 0 Å². The molecule has 3 N–H and O–H groups in total. The monoisotopic (exact) mass is 324 g/mol. The summed E-state index contributed by atoms with van der Waals surface area (Å²) in [7, 11) is 0. The normalized spacial score (nSPS) is 23.0. The molecule has 0 aromatic heterocycles. The minimum atomic E-state index is -1.78. The minimum absolute atomic E-state index is 0.0269. The van der Waals surface area contributed by atoms with Crippen LogP contribution in [0, 0.1) is 6.92 Å². The number of aliphatic hydroxyl groups excluding tert-OH is 1. The summed E-state index contributed by atoms with van der Waals surface area (Å²) < 4.78 is 5.43. The smallest absolute Gasteiger partial charge is 0.343 e. The van der Waals surface area contributed by atoms with Crippen molar-refractivity contribution in [3.63, 3.8) is 0 Å². The van der Waals surface area contributed by atoms with Crippen molar-refractivity contribution in [2.24, 2.45) is 0 Å². The molecule has 1 fully saturated rings. The predicted octanol–water partition coefficient (Wildman–Crippen LogP) is 2.47. The van der Waals surface area contributed by atoms with Gasteiger partial charge in [0.2, 0.25) is 0 Å². The zero-order chi connectivity index (χ0) is 16.1. The molecule has 1 saturated carbocycles. The first-order valence-electron chi connectivity index (χ1n) is 7.13. The highest BCUT2D eigenvalue weighted by atomic mass is 35.5. The lowest BCUT2D eigenvalue weighted by molar-refractivity contribution is -0.208. The third-order valence-electron chi connectivity index (χ3n) is 4.49. The van der Waals surface area contributed by atoms with Gasteiger partial charge in [-0.25, -0.2) is 4.79 Å². The highest BCUT2D eigenvalue weighted by molar-refractivity contribution is 6.35. The molecule has 1 heterocycles. The van der Waals surface area contributed by atoms with Crippen LogP contribution in [0.3, 0.4) is 0 Å². The molecule has 2 aliphatic rings. The fourth-order valence-corrected chi connectivity index (χ4v) is 3.48. The first kappa shape index (κ1) is 15.3.